The van der Waals surface area contributed by atoms with E-state index in [1.165, 1.54) is 6.92 Å². The number of aliphatic hydroxyl groups excluding tert-OH is 1. The van der Waals surface area contributed by atoms with Crippen LogP contribution < -0.4 is 5.32 Å². The number of carboxylic acids is 1. The fourth-order valence-electron chi connectivity index (χ4n) is 1.66. The van der Waals surface area contributed by atoms with Crippen LogP contribution in [0.2, 0.25) is 0 Å². The molecule has 6 nitrogen and oxygen atoms in total. The summed E-state index contributed by atoms with van der Waals surface area (Å²) in [5.41, 5.74) is 0.392. The molecule has 0 radical (unpaired) electrons. The Kier molecular flexibility index (Phi) is 4.91. The van der Waals surface area contributed by atoms with E-state index in [0.717, 1.165) is 6.42 Å². The normalized spacial score (nSPS) is 13.9. The van der Waals surface area contributed by atoms with Gasteiger partial charge in [0, 0.05) is 12.7 Å². The van der Waals surface area contributed by atoms with Gasteiger partial charge in [0.1, 0.15) is 5.69 Å². The molecule has 0 aliphatic heterocycles. The number of aliphatic hydroxyl groups is 1. The van der Waals surface area contributed by atoms with Gasteiger partial charge in [-0.1, -0.05) is 6.92 Å². The van der Waals surface area contributed by atoms with Crippen LogP contribution >= 0.6 is 0 Å². The number of aromatic nitrogens is 1. The van der Waals surface area contributed by atoms with E-state index >= 15 is 0 Å². The van der Waals surface area contributed by atoms with Gasteiger partial charge < -0.3 is 20.1 Å². The van der Waals surface area contributed by atoms with Gasteiger partial charge in [-0.15, -0.1) is 0 Å². The Hall–Kier alpha value is -1.82. The summed E-state index contributed by atoms with van der Waals surface area (Å²) in [6, 6.07) is 2.04. The number of carbonyl (C=O) groups excluding carboxylic acids is 1. The zero-order chi connectivity index (χ0) is 13.7. The van der Waals surface area contributed by atoms with E-state index in [1.54, 1.807) is 22.9 Å². The van der Waals surface area contributed by atoms with Crippen LogP contribution in [0.1, 0.15) is 30.8 Å². The van der Waals surface area contributed by atoms with Gasteiger partial charge >= 0.3 is 5.97 Å². The number of hydrogen-bond acceptors (Lipinski definition) is 3. The summed E-state index contributed by atoms with van der Waals surface area (Å²) in [5, 5.41) is 20.5. The van der Waals surface area contributed by atoms with Gasteiger partial charge in [-0.05, 0) is 25.5 Å². The third-order valence-electron chi connectivity index (χ3n) is 2.56. The first-order valence-electron chi connectivity index (χ1n) is 5.84. The second-order valence-electron chi connectivity index (χ2n) is 4.12. The van der Waals surface area contributed by atoms with Crippen molar-refractivity contribution in [2.24, 2.45) is 0 Å². The van der Waals surface area contributed by atoms with Crippen LogP contribution in [0.25, 0.3) is 0 Å². The van der Waals surface area contributed by atoms with Crippen molar-refractivity contribution in [2.75, 3.05) is 0 Å². The van der Waals surface area contributed by atoms with Crippen molar-refractivity contribution < 1.29 is 19.8 Å². The summed E-state index contributed by atoms with van der Waals surface area (Å²) in [7, 11) is 0. The number of nitrogens with zero attached hydrogens (tertiary/aromatic N) is 1. The molecule has 0 spiro atoms. The molecule has 2 unspecified atom stereocenters. The highest BCUT2D eigenvalue weighted by Gasteiger charge is 2.26. The van der Waals surface area contributed by atoms with E-state index in [-0.39, 0.29) is 0 Å². The number of carbonyl (C=O) groups is 2. The molecule has 1 rings (SSSR count). The largest absolute Gasteiger partial charge is 0.480 e. The highest BCUT2D eigenvalue weighted by atomic mass is 16.4. The first-order chi connectivity index (χ1) is 8.47. The molecule has 3 N–H and O–H groups in total. The molecule has 0 fully saturated rings. The number of aliphatic carboxylic acids is 1. The van der Waals surface area contributed by atoms with Crippen molar-refractivity contribution in [3.05, 3.63) is 24.0 Å². The van der Waals surface area contributed by atoms with Crippen LogP contribution in [0.15, 0.2) is 18.3 Å². The van der Waals surface area contributed by atoms with Crippen molar-refractivity contribution in [1.82, 2.24) is 9.88 Å². The monoisotopic (exact) mass is 254 g/mol. The molecule has 2 atom stereocenters. The summed E-state index contributed by atoms with van der Waals surface area (Å²) in [4.78, 5) is 22.8. The molecule has 0 bridgehead atoms. The average molecular weight is 254 g/mol. The Labute approximate surface area is 105 Å². The van der Waals surface area contributed by atoms with Crippen molar-refractivity contribution in [3.8, 4) is 0 Å². The minimum atomic E-state index is -1.30. The molecule has 18 heavy (non-hydrogen) atoms. The number of carboxylic acid groups (broad SMARTS) is 1. The van der Waals surface area contributed by atoms with Gasteiger partial charge in [-0.2, -0.15) is 0 Å². The van der Waals surface area contributed by atoms with Gasteiger partial charge in [0.25, 0.3) is 5.91 Å². The van der Waals surface area contributed by atoms with E-state index in [4.69, 9.17) is 5.11 Å². The lowest BCUT2D eigenvalue weighted by molar-refractivity contribution is -0.141. The molecule has 1 amide bonds. The average Bonchev–Trinajstić information content (AvgIpc) is 2.73. The van der Waals surface area contributed by atoms with Crippen LogP contribution in [0.3, 0.4) is 0 Å². The Morgan fingerprint density at radius 1 is 1.50 bits per heavy atom. The highest BCUT2D eigenvalue weighted by Crippen LogP contribution is 2.05. The van der Waals surface area contributed by atoms with Crippen molar-refractivity contribution in [1.29, 1.82) is 0 Å². The summed E-state index contributed by atoms with van der Waals surface area (Å²) in [6.07, 6.45) is 1.48. The SMILES string of the molecule is CCCn1cccc1C(=O)NC(C(=O)O)C(C)O. The maximum atomic E-state index is 11.9. The Balaban J connectivity index is 2.80. The predicted molar refractivity (Wildman–Crippen MR) is 65.3 cm³/mol. The molecule has 0 aliphatic carbocycles. The molecular weight excluding hydrogens is 236 g/mol. The second kappa shape index (κ2) is 6.20. The van der Waals surface area contributed by atoms with Crippen molar-refractivity contribution in [3.63, 3.8) is 0 Å². The lowest BCUT2D eigenvalue weighted by Gasteiger charge is -2.17. The lowest BCUT2D eigenvalue weighted by atomic mass is 10.2. The molecular formula is C12H18N2O4. The zero-order valence-corrected chi connectivity index (χ0v) is 10.5. The summed E-state index contributed by atoms with van der Waals surface area (Å²) in [5.74, 6) is -1.76. The van der Waals surface area contributed by atoms with Gasteiger partial charge in [0.2, 0.25) is 0 Å². The smallest absolute Gasteiger partial charge is 0.328 e. The maximum absolute atomic E-state index is 11.9. The first-order valence-corrected chi connectivity index (χ1v) is 5.84. The molecule has 6 heteroatoms. The lowest BCUT2D eigenvalue weighted by Crippen LogP contribution is -2.48. The van der Waals surface area contributed by atoms with Crippen molar-refractivity contribution in [2.45, 2.75) is 39.0 Å². The third-order valence-corrected chi connectivity index (χ3v) is 2.56. The molecule has 1 aromatic rings. The summed E-state index contributed by atoms with van der Waals surface area (Å²) >= 11 is 0. The van der Waals surface area contributed by atoms with E-state index in [0.29, 0.717) is 12.2 Å². The number of rotatable bonds is 6. The molecule has 0 saturated carbocycles. The summed E-state index contributed by atoms with van der Waals surface area (Å²) < 4.78 is 1.75. The molecule has 0 aliphatic rings. The van der Waals surface area contributed by atoms with Crippen molar-refractivity contribution >= 4 is 11.9 Å². The number of aryl methyl sites for hydroxylation is 1. The van der Waals surface area contributed by atoms with E-state index in [9.17, 15) is 14.7 Å². The van der Waals surface area contributed by atoms with E-state index in [1.807, 2.05) is 6.92 Å². The fourth-order valence-corrected chi connectivity index (χ4v) is 1.66. The minimum Gasteiger partial charge on any atom is -0.480 e. The van der Waals surface area contributed by atoms with E-state index < -0.39 is 24.0 Å². The Bertz CT molecular complexity index is 425. The number of hydrogen-bond donors (Lipinski definition) is 3. The van der Waals surface area contributed by atoms with Gasteiger partial charge in [0.05, 0.1) is 6.10 Å². The second-order valence-corrected chi connectivity index (χ2v) is 4.12. The molecule has 100 valence electrons. The van der Waals surface area contributed by atoms with Crippen LogP contribution in [0.4, 0.5) is 0 Å². The maximum Gasteiger partial charge on any atom is 0.328 e. The molecule has 0 aromatic carbocycles. The zero-order valence-electron chi connectivity index (χ0n) is 10.5. The van der Waals surface area contributed by atoms with Gasteiger partial charge in [-0.3, -0.25) is 4.79 Å². The molecule has 1 heterocycles. The highest BCUT2D eigenvalue weighted by molar-refractivity contribution is 5.95. The molecule has 1 aromatic heterocycles. The standard InChI is InChI=1S/C12H18N2O4/c1-3-6-14-7-4-5-9(14)11(16)13-10(8(2)15)12(17)18/h4-5,7-8,10,15H,3,6H2,1-2H3,(H,13,16)(H,17,18). The number of amides is 1. The fraction of sp³-hybridized carbons (Fsp3) is 0.500. The first kappa shape index (κ1) is 14.2. The van der Waals surface area contributed by atoms with E-state index in [2.05, 4.69) is 5.32 Å². The summed E-state index contributed by atoms with van der Waals surface area (Å²) in [6.45, 7) is 3.99. The Morgan fingerprint density at radius 2 is 2.17 bits per heavy atom. The van der Waals surface area contributed by atoms with Gasteiger partial charge in [-0.25, -0.2) is 4.79 Å². The molecule has 0 saturated heterocycles. The van der Waals surface area contributed by atoms with Crippen LogP contribution in [-0.4, -0.2) is 38.8 Å². The quantitative estimate of drug-likeness (QED) is 0.687. The Morgan fingerprint density at radius 3 is 2.67 bits per heavy atom. The van der Waals surface area contributed by atoms with Crippen LogP contribution in [-0.2, 0) is 11.3 Å². The van der Waals surface area contributed by atoms with Crippen LogP contribution in [0, 0.1) is 0 Å². The van der Waals surface area contributed by atoms with Gasteiger partial charge in [0.15, 0.2) is 6.04 Å². The predicted octanol–water partition coefficient (Wildman–Crippen LogP) is 0.462. The minimum absolute atomic E-state index is 0.392. The van der Waals surface area contributed by atoms with Crippen LogP contribution in [0.5, 0.6) is 0 Å². The third kappa shape index (κ3) is 3.33. The number of nitrogens with one attached hydrogen (secondary N) is 1. The topological polar surface area (TPSA) is 91.6 Å².